The molecule has 1 amide bonds. The molecule has 118 valence electrons. The number of nitrogens with one attached hydrogen (secondary N) is 2. The normalized spacial score (nSPS) is 24.4. The summed E-state index contributed by atoms with van der Waals surface area (Å²) < 4.78 is 10.9. The van der Waals surface area contributed by atoms with E-state index in [-0.39, 0.29) is 11.6 Å². The van der Waals surface area contributed by atoms with Crippen molar-refractivity contribution < 1.29 is 14.3 Å². The highest BCUT2D eigenvalue weighted by Crippen LogP contribution is 2.23. The van der Waals surface area contributed by atoms with E-state index in [1.165, 1.54) is 0 Å². The Labute approximate surface area is 121 Å². The van der Waals surface area contributed by atoms with Gasteiger partial charge in [0.15, 0.2) is 0 Å². The summed E-state index contributed by atoms with van der Waals surface area (Å²) in [6, 6.07) is 0.0172. The Morgan fingerprint density at radius 1 is 1.50 bits per heavy atom. The van der Waals surface area contributed by atoms with Crippen LogP contribution < -0.4 is 16.4 Å². The van der Waals surface area contributed by atoms with Crippen LogP contribution in [0, 0.1) is 0 Å². The predicted octanol–water partition coefficient (Wildman–Crippen LogP) is 0.997. The third kappa shape index (κ3) is 6.54. The highest BCUT2D eigenvalue weighted by molar-refractivity contribution is 5.67. The lowest BCUT2D eigenvalue weighted by atomic mass is 10.0. The smallest absolute Gasteiger partial charge is 0.407 e. The van der Waals surface area contributed by atoms with Gasteiger partial charge in [-0.3, -0.25) is 0 Å². The van der Waals surface area contributed by atoms with Crippen LogP contribution in [0.25, 0.3) is 0 Å². The maximum atomic E-state index is 11.6. The molecule has 1 saturated heterocycles. The SMILES string of the molecule is CC(C)(C)OC(=O)NCC(CN)NCC1(C)CCCO1. The highest BCUT2D eigenvalue weighted by Gasteiger charge is 2.30. The number of carbonyl (C=O) groups excluding carboxylic acids is 1. The van der Waals surface area contributed by atoms with Gasteiger partial charge >= 0.3 is 6.09 Å². The van der Waals surface area contributed by atoms with Gasteiger partial charge in [0.05, 0.1) is 5.60 Å². The Bertz CT molecular complexity index is 309. The molecule has 1 aliphatic heterocycles. The lowest BCUT2D eigenvalue weighted by molar-refractivity contribution is 0.0188. The molecule has 0 aromatic carbocycles. The molecule has 4 N–H and O–H groups in total. The lowest BCUT2D eigenvalue weighted by Gasteiger charge is -2.27. The van der Waals surface area contributed by atoms with E-state index in [0.717, 1.165) is 26.0 Å². The second-order valence-corrected chi connectivity index (χ2v) is 6.60. The van der Waals surface area contributed by atoms with E-state index < -0.39 is 11.7 Å². The maximum absolute atomic E-state index is 11.6. The molecule has 0 radical (unpaired) electrons. The molecule has 2 unspecified atom stereocenters. The van der Waals surface area contributed by atoms with Crippen molar-refractivity contribution in [2.45, 2.75) is 57.8 Å². The van der Waals surface area contributed by atoms with Crippen LogP contribution in [-0.2, 0) is 9.47 Å². The average Bonchev–Trinajstić information content (AvgIpc) is 2.74. The predicted molar refractivity (Wildman–Crippen MR) is 78.7 cm³/mol. The van der Waals surface area contributed by atoms with Crippen LogP contribution in [0.2, 0.25) is 0 Å². The standard InChI is InChI=1S/C14H29N3O3/c1-13(2,3)20-12(18)16-9-11(8-15)17-10-14(4)6-5-7-19-14/h11,17H,5-10,15H2,1-4H3,(H,16,18). The summed E-state index contributed by atoms with van der Waals surface area (Å²) in [7, 11) is 0. The molecule has 0 bridgehead atoms. The zero-order valence-corrected chi connectivity index (χ0v) is 13.1. The zero-order valence-electron chi connectivity index (χ0n) is 13.1. The van der Waals surface area contributed by atoms with Crippen LogP contribution in [0.3, 0.4) is 0 Å². The highest BCUT2D eigenvalue weighted by atomic mass is 16.6. The third-order valence-electron chi connectivity index (χ3n) is 3.24. The second-order valence-electron chi connectivity index (χ2n) is 6.60. The van der Waals surface area contributed by atoms with E-state index in [2.05, 4.69) is 17.6 Å². The van der Waals surface area contributed by atoms with Crippen molar-refractivity contribution in [3.63, 3.8) is 0 Å². The summed E-state index contributed by atoms with van der Waals surface area (Å²) >= 11 is 0. The third-order valence-corrected chi connectivity index (χ3v) is 3.24. The lowest BCUT2D eigenvalue weighted by Crippen LogP contribution is -2.50. The molecule has 0 aromatic rings. The summed E-state index contributed by atoms with van der Waals surface area (Å²) in [5.74, 6) is 0. The van der Waals surface area contributed by atoms with Gasteiger partial charge in [0.2, 0.25) is 0 Å². The van der Waals surface area contributed by atoms with Gasteiger partial charge in [-0.15, -0.1) is 0 Å². The van der Waals surface area contributed by atoms with E-state index in [1.807, 2.05) is 20.8 Å². The average molecular weight is 287 g/mol. The van der Waals surface area contributed by atoms with Crippen LogP contribution in [0.1, 0.15) is 40.5 Å². The summed E-state index contributed by atoms with van der Waals surface area (Å²) in [6.45, 7) is 10.1. The number of rotatable bonds is 6. The van der Waals surface area contributed by atoms with Crippen LogP contribution in [0.4, 0.5) is 4.79 Å². The van der Waals surface area contributed by atoms with Gasteiger partial charge < -0.3 is 25.8 Å². The van der Waals surface area contributed by atoms with Crippen molar-refractivity contribution in [1.29, 1.82) is 0 Å². The summed E-state index contributed by atoms with van der Waals surface area (Å²) in [5, 5.41) is 6.08. The quantitative estimate of drug-likeness (QED) is 0.678. The molecule has 1 heterocycles. The number of nitrogens with two attached hydrogens (primary N) is 1. The molecule has 6 nitrogen and oxygen atoms in total. The molecular formula is C14H29N3O3. The van der Waals surface area contributed by atoms with E-state index in [0.29, 0.717) is 13.1 Å². The Balaban J connectivity index is 2.27. The van der Waals surface area contributed by atoms with E-state index in [4.69, 9.17) is 15.2 Å². The summed E-state index contributed by atoms with van der Waals surface area (Å²) in [4.78, 5) is 11.6. The van der Waals surface area contributed by atoms with Crippen molar-refractivity contribution in [3.8, 4) is 0 Å². The first kappa shape index (κ1) is 17.2. The second kappa shape index (κ2) is 7.24. The van der Waals surface area contributed by atoms with Crippen LogP contribution in [0.15, 0.2) is 0 Å². The first-order valence-corrected chi connectivity index (χ1v) is 7.28. The minimum absolute atomic E-state index is 0.0172. The number of carbonyl (C=O) groups is 1. The minimum Gasteiger partial charge on any atom is -0.444 e. The van der Waals surface area contributed by atoms with Crippen molar-refractivity contribution in [3.05, 3.63) is 0 Å². The van der Waals surface area contributed by atoms with Crippen LogP contribution >= 0.6 is 0 Å². The zero-order chi connectivity index (χ0) is 15.2. The number of alkyl carbamates (subject to hydrolysis) is 1. The molecular weight excluding hydrogens is 258 g/mol. The van der Waals surface area contributed by atoms with Gasteiger partial charge in [-0.1, -0.05) is 0 Å². The number of hydrogen-bond donors (Lipinski definition) is 3. The van der Waals surface area contributed by atoms with Gasteiger partial charge in [-0.05, 0) is 40.5 Å². The van der Waals surface area contributed by atoms with Gasteiger partial charge in [0, 0.05) is 32.3 Å². The Morgan fingerprint density at radius 2 is 2.20 bits per heavy atom. The molecule has 1 aliphatic rings. The molecule has 0 spiro atoms. The summed E-state index contributed by atoms with van der Waals surface area (Å²) in [6.07, 6.45) is 1.74. The molecule has 20 heavy (non-hydrogen) atoms. The maximum Gasteiger partial charge on any atom is 0.407 e. The molecule has 6 heteroatoms. The first-order chi connectivity index (χ1) is 9.24. The molecule has 2 atom stereocenters. The Hall–Kier alpha value is -0.850. The first-order valence-electron chi connectivity index (χ1n) is 7.28. The van der Waals surface area contributed by atoms with Crippen molar-refractivity contribution in [2.24, 2.45) is 5.73 Å². The van der Waals surface area contributed by atoms with Gasteiger partial charge in [-0.25, -0.2) is 4.79 Å². The van der Waals surface area contributed by atoms with Crippen molar-refractivity contribution in [2.75, 3.05) is 26.2 Å². The van der Waals surface area contributed by atoms with Crippen LogP contribution in [-0.4, -0.2) is 49.6 Å². The van der Waals surface area contributed by atoms with Crippen molar-refractivity contribution >= 4 is 6.09 Å². The monoisotopic (exact) mass is 287 g/mol. The fourth-order valence-corrected chi connectivity index (χ4v) is 2.10. The fourth-order valence-electron chi connectivity index (χ4n) is 2.10. The molecule has 0 aliphatic carbocycles. The van der Waals surface area contributed by atoms with Gasteiger partial charge in [0.25, 0.3) is 0 Å². The van der Waals surface area contributed by atoms with Crippen molar-refractivity contribution in [1.82, 2.24) is 10.6 Å². The number of ether oxygens (including phenoxy) is 2. The van der Waals surface area contributed by atoms with E-state index in [1.54, 1.807) is 0 Å². The minimum atomic E-state index is -0.485. The van der Waals surface area contributed by atoms with E-state index >= 15 is 0 Å². The molecule has 1 rings (SSSR count). The molecule has 1 fully saturated rings. The van der Waals surface area contributed by atoms with Gasteiger partial charge in [0.1, 0.15) is 5.60 Å². The van der Waals surface area contributed by atoms with E-state index in [9.17, 15) is 4.79 Å². The fraction of sp³-hybridized carbons (Fsp3) is 0.929. The van der Waals surface area contributed by atoms with Gasteiger partial charge in [-0.2, -0.15) is 0 Å². The molecule has 0 saturated carbocycles. The largest absolute Gasteiger partial charge is 0.444 e. The Morgan fingerprint density at radius 3 is 2.70 bits per heavy atom. The topological polar surface area (TPSA) is 85.6 Å². The van der Waals surface area contributed by atoms with Crippen LogP contribution in [0.5, 0.6) is 0 Å². The Kier molecular flexibility index (Phi) is 6.23. The number of hydrogen-bond acceptors (Lipinski definition) is 5. The number of amides is 1. The molecule has 0 aromatic heterocycles. The summed E-state index contributed by atoms with van der Waals surface area (Å²) in [5.41, 5.74) is 5.12.